The van der Waals surface area contributed by atoms with Gasteiger partial charge >= 0.3 is 0 Å². The van der Waals surface area contributed by atoms with E-state index in [1.807, 2.05) is 18.2 Å². The molecule has 2 heterocycles. The zero-order valence-electron chi connectivity index (χ0n) is 11.7. The van der Waals surface area contributed by atoms with Crippen molar-refractivity contribution in [3.05, 3.63) is 65.7 Å². The van der Waals surface area contributed by atoms with Gasteiger partial charge in [-0.2, -0.15) is 0 Å². The van der Waals surface area contributed by atoms with Gasteiger partial charge in [0.25, 0.3) is 0 Å². The van der Waals surface area contributed by atoms with Crippen molar-refractivity contribution < 1.29 is 9.13 Å². The van der Waals surface area contributed by atoms with Crippen molar-refractivity contribution >= 4 is 29.2 Å². The Morgan fingerprint density at radius 3 is 2.70 bits per heavy atom. The fourth-order valence-corrected chi connectivity index (χ4v) is 2.76. The third kappa shape index (κ3) is 3.91. The number of rotatable bonds is 4. The average Bonchev–Trinajstić information content (AvgIpc) is 2.54. The summed E-state index contributed by atoms with van der Waals surface area (Å²) in [6.45, 7) is 0. The van der Waals surface area contributed by atoms with Crippen LogP contribution < -0.4 is 10.5 Å². The van der Waals surface area contributed by atoms with Crippen LogP contribution in [0.1, 0.15) is 0 Å². The highest BCUT2D eigenvalue weighted by Crippen LogP contribution is 2.35. The minimum absolute atomic E-state index is 0.159. The molecule has 0 atom stereocenters. The number of hydrogen-bond acceptors (Lipinski definition) is 5. The molecule has 0 aliphatic rings. The molecule has 116 valence electrons. The molecule has 0 saturated heterocycles. The van der Waals surface area contributed by atoms with Crippen LogP contribution in [0.3, 0.4) is 0 Å². The molecule has 0 aliphatic carbocycles. The first-order chi connectivity index (χ1) is 11.1. The Morgan fingerprint density at radius 1 is 1.09 bits per heavy atom. The first-order valence-corrected chi connectivity index (χ1v) is 7.78. The lowest BCUT2D eigenvalue weighted by Crippen LogP contribution is -1.96. The van der Waals surface area contributed by atoms with E-state index in [2.05, 4.69) is 9.97 Å². The standard InChI is InChI=1S/C16H11ClFN3OS/c17-12-7-10(18)4-5-13(12)22-14-8-11(9-21-16(14)19)23-15-3-1-2-6-20-15/h1-9H,(H2,19,21). The van der Waals surface area contributed by atoms with E-state index < -0.39 is 5.82 Å². The lowest BCUT2D eigenvalue weighted by molar-refractivity contribution is 0.480. The molecule has 0 amide bonds. The Kier molecular flexibility index (Phi) is 4.64. The molecule has 3 aromatic rings. The number of nitrogens with two attached hydrogens (primary N) is 1. The molecule has 23 heavy (non-hydrogen) atoms. The first kappa shape index (κ1) is 15.6. The van der Waals surface area contributed by atoms with Crippen LogP contribution in [-0.4, -0.2) is 9.97 Å². The van der Waals surface area contributed by atoms with Crippen LogP contribution in [-0.2, 0) is 0 Å². The van der Waals surface area contributed by atoms with E-state index in [1.54, 1.807) is 18.5 Å². The number of benzene rings is 1. The summed E-state index contributed by atoms with van der Waals surface area (Å²) in [5, 5.41) is 0.983. The molecule has 0 spiro atoms. The molecule has 0 bridgehead atoms. The Morgan fingerprint density at radius 2 is 1.96 bits per heavy atom. The summed E-state index contributed by atoms with van der Waals surface area (Å²) in [6, 6.07) is 11.2. The van der Waals surface area contributed by atoms with Crippen LogP contribution in [0.5, 0.6) is 11.5 Å². The summed E-state index contributed by atoms with van der Waals surface area (Å²) in [7, 11) is 0. The molecule has 7 heteroatoms. The summed E-state index contributed by atoms with van der Waals surface area (Å²) in [5.74, 6) is 0.435. The van der Waals surface area contributed by atoms with Crippen molar-refractivity contribution in [1.29, 1.82) is 0 Å². The summed E-state index contributed by atoms with van der Waals surface area (Å²) in [5.41, 5.74) is 5.83. The van der Waals surface area contributed by atoms with Gasteiger partial charge in [-0.25, -0.2) is 14.4 Å². The fourth-order valence-electron chi connectivity index (χ4n) is 1.78. The van der Waals surface area contributed by atoms with E-state index in [4.69, 9.17) is 22.1 Å². The SMILES string of the molecule is Nc1ncc(Sc2ccccn2)cc1Oc1ccc(F)cc1Cl. The summed E-state index contributed by atoms with van der Waals surface area (Å²) >= 11 is 7.39. The van der Waals surface area contributed by atoms with Gasteiger partial charge in [-0.3, -0.25) is 0 Å². The number of nitrogens with zero attached hydrogens (tertiary/aromatic N) is 2. The molecule has 3 rings (SSSR count). The van der Waals surface area contributed by atoms with Crippen LogP contribution in [0, 0.1) is 5.82 Å². The molecule has 0 unspecified atom stereocenters. The molecule has 1 aromatic carbocycles. The highest BCUT2D eigenvalue weighted by Gasteiger charge is 2.10. The highest BCUT2D eigenvalue weighted by molar-refractivity contribution is 7.99. The Hall–Kier alpha value is -2.31. The van der Waals surface area contributed by atoms with Gasteiger partial charge < -0.3 is 10.5 Å². The monoisotopic (exact) mass is 347 g/mol. The van der Waals surface area contributed by atoms with E-state index >= 15 is 0 Å². The summed E-state index contributed by atoms with van der Waals surface area (Å²) in [4.78, 5) is 9.15. The van der Waals surface area contributed by atoms with Gasteiger partial charge in [0.2, 0.25) is 0 Å². The second-order valence-electron chi connectivity index (χ2n) is 4.50. The second-order valence-corrected chi connectivity index (χ2v) is 6.00. The average molecular weight is 348 g/mol. The Bertz CT molecular complexity index is 833. The van der Waals surface area contributed by atoms with Gasteiger partial charge in [-0.05, 0) is 30.3 Å². The van der Waals surface area contributed by atoms with Crippen molar-refractivity contribution in [2.24, 2.45) is 0 Å². The van der Waals surface area contributed by atoms with Crippen molar-refractivity contribution in [2.45, 2.75) is 9.92 Å². The second kappa shape index (κ2) is 6.85. The molecular weight excluding hydrogens is 337 g/mol. The molecule has 0 fully saturated rings. The van der Waals surface area contributed by atoms with Gasteiger partial charge in [-0.15, -0.1) is 0 Å². The zero-order valence-corrected chi connectivity index (χ0v) is 13.3. The van der Waals surface area contributed by atoms with Crippen molar-refractivity contribution in [1.82, 2.24) is 9.97 Å². The van der Waals surface area contributed by atoms with Crippen LogP contribution in [0.15, 0.2) is 64.8 Å². The largest absolute Gasteiger partial charge is 0.452 e. The lowest BCUT2D eigenvalue weighted by Gasteiger charge is -2.10. The van der Waals surface area contributed by atoms with Crippen LogP contribution in [0.2, 0.25) is 5.02 Å². The molecular formula is C16H11ClFN3OS. The third-order valence-electron chi connectivity index (χ3n) is 2.83. The topological polar surface area (TPSA) is 61.0 Å². The maximum atomic E-state index is 13.1. The number of ether oxygens (including phenoxy) is 1. The number of hydrogen-bond donors (Lipinski definition) is 1. The minimum atomic E-state index is -0.437. The highest BCUT2D eigenvalue weighted by atomic mass is 35.5. The van der Waals surface area contributed by atoms with Crippen molar-refractivity contribution in [3.63, 3.8) is 0 Å². The van der Waals surface area contributed by atoms with Crippen molar-refractivity contribution in [2.75, 3.05) is 5.73 Å². The first-order valence-electron chi connectivity index (χ1n) is 6.59. The maximum absolute atomic E-state index is 13.1. The normalized spacial score (nSPS) is 10.5. The molecule has 0 aliphatic heterocycles. The molecule has 4 nitrogen and oxygen atoms in total. The zero-order chi connectivity index (χ0) is 16.2. The van der Waals surface area contributed by atoms with Gasteiger partial charge in [-0.1, -0.05) is 29.4 Å². The van der Waals surface area contributed by atoms with E-state index in [0.717, 1.165) is 9.92 Å². The van der Waals surface area contributed by atoms with E-state index in [9.17, 15) is 4.39 Å². The molecule has 2 aromatic heterocycles. The van der Waals surface area contributed by atoms with Gasteiger partial charge in [0.15, 0.2) is 11.6 Å². The summed E-state index contributed by atoms with van der Waals surface area (Å²) in [6.07, 6.45) is 3.34. The fraction of sp³-hybridized carbons (Fsp3) is 0. The third-order valence-corrected chi connectivity index (χ3v) is 4.04. The van der Waals surface area contributed by atoms with Gasteiger partial charge in [0.05, 0.1) is 5.02 Å². The van der Waals surface area contributed by atoms with E-state index in [0.29, 0.717) is 11.5 Å². The Balaban J connectivity index is 1.86. The predicted octanol–water partition coefficient (Wildman–Crippen LogP) is 4.79. The molecule has 2 N–H and O–H groups in total. The summed E-state index contributed by atoms with van der Waals surface area (Å²) < 4.78 is 18.7. The van der Waals surface area contributed by atoms with Crippen LogP contribution >= 0.6 is 23.4 Å². The predicted molar refractivity (Wildman–Crippen MR) is 88.5 cm³/mol. The van der Waals surface area contributed by atoms with Crippen molar-refractivity contribution in [3.8, 4) is 11.5 Å². The number of anilines is 1. The van der Waals surface area contributed by atoms with E-state index in [1.165, 1.54) is 30.0 Å². The van der Waals surface area contributed by atoms with Gasteiger partial charge in [0, 0.05) is 23.4 Å². The quantitative estimate of drug-likeness (QED) is 0.734. The number of pyridine rings is 2. The number of halogens is 2. The Labute approximate surface area is 141 Å². The minimum Gasteiger partial charge on any atom is -0.452 e. The van der Waals surface area contributed by atoms with E-state index in [-0.39, 0.29) is 10.8 Å². The number of nitrogen functional groups attached to an aromatic ring is 1. The smallest absolute Gasteiger partial charge is 0.170 e. The van der Waals surface area contributed by atoms with Gasteiger partial charge in [0.1, 0.15) is 16.6 Å². The van der Waals surface area contributed by atoms with Crippen LogP contribution in [0.25, 0.3) is 0 Å². The molecule has 0 saturated carbocycles. The maximum Gasteiger partial charge on any atom is 0.170 e. The molecule has 0 radical (unpaired) electrons. The lowest BCUT2D eigenvalue weighted by atomic mass is 10.3. The number of aromatic nitrogens is 2. The van der Waals surface area contributed by atoms with Crippen LogP contribution in [0.4, 0.5) is 10.2 Å².